The van der Waals surface area contributed by atoms with Crippen molar-refractivity contribution in [2.24, 2.45) is 0 Å². The van der Waals surface area contributed by atoms with Gasteiger partial charge in [-0.3, -0.25) is 4.79 Å². The Morgan fingerprint density at radius 3 is 2.21 bits per heavy atom. The lowest BCUT2D eigenvalue weighted by molar-refractivity contribution is -0.132. The molecule has 4 rings (SSSR count). The van der Waals surface area contributed by atoms with Crippen LogP contribution in [0.4, 0.5) is 11.4 Å². The smallest absolute Gasteiger partial charge is 0.245 e. The summed E-state index contributed by atoms with van der Waals surface area (Å²) in [4.78, 5) is 20.2. The Kier molecular flexibility index (Phi) is 5.53. The van der Waals surface area contributed by atoms with Gasteiger partial charge in [-0.1, -0.05) is 57.2 Å². The number of hydrogen-bond donors (Lipinski definition) is 0. The first-order valence-corrected chi connectivity index (χ1v) is 10.9. The standard InChI is InChI=1S/C25H33N3O/c1-25(2,3)21-12-7-8-13-22(21)26-16-18-27(19-17-26)24(29)23-14-9-15-28(23)20-10-5-4-6-11-20/h4-8,10-13,23H,9,14-19H2,1-3H3/t23-/m1/s1. The molecule has 0 spiro atoms. The van der Waals surface area contributed by atoms with E-state index in [0.29, 0.717) is 5.91 Å². The average molecular weight is 392 g/mol. The van der Waals surface area contributed by atoms with Crippen LogP contribution >= 0.6 is 0 Å². The van der Waals surface area contributed by atoms with E-state index in [1.54, 1.807) is 0 Å². The number of rotatable bonds is 3. The summed E-state index contributed by atoms with van der Waals surface area (Å²) >= 11 is 0. The predicted molar refractivity (Wildman–Crippen MR) is 121 cm³/mol. The minimum atomic E-state index is -0.00851. The van der Waals surface area contributed by atoms with Crippen molar-refractivity contribution < 1.29 is 4.79 Å². The number of nitrogens with zero attached hydrogens (tertiary/aromatic N) is 3. The van der Waals surface area contributed by atoms with Crippen LogP contribution in [0.1, 0.15) is 39.2 Å². The third-order valence-corrected chi connectivity index (χ3v) is 6.27. The highest BCUT2D eigenvalue weighted by Crippen LogP contribution is 2.33. The molecule has 2 fully saturated rings. The molecule has 0 aromatic heterocycles. The van der Waals surface area contributed by atoms with Crippen molar-refractivity contribution in [2.75, 3.05) is 42.5 Å². The van der Waals surface area contributed by atoms with Gasteiger partial charge in [0.2, 0.25) is 5.91 Å². The van der Waals surface area contributed by atoms with Gasteiger partial charge in [-0.2, -0.15) is 0 Å². The molecule has 0 aliphatic carbocycles. The first-order valence-electron chi connectivity index (χ1n) is 10.9. The van der Waals surface area contributed by atoms with Crippen LogP contribution in [0.25, 0.3) is 0 Å². The summed E-state index contributed by atoms with van der Waals surface area (Å²) < 4.78 is 0. The van der Waals surface area contributed by atoms with Gasteiger partial charge < -0.3 is 14.7 Å². The Hall–Kier alpha value is -2.49. The lowest BCUT2D eigenvalue weighted by Crippen LogP contribution is -2.54. The number of benzene rings is 2. The summed E-state index contributed by atoms with van der Waals surface area (Å²) in [5.41, 5.74) is 3.98. The molecule has 1 amide bonds. The van der Waals surface area contributed by atoms with Gasteiger partial charge in [0.15, 0.2) is 0 Å². The second-order valence-corrected chi connectivity index (χ2v) is 9.27. The fourth-order valence-corrected chi connectivity index (χ4v) is 4.71. The third-order valence-electron chi connectivity index (χ3n) is 6.27. The van der Waals surface area contributed by atoms with Crippen LogP contribution in [0.3, 0.4) is 0 Å². The van der Waals surface area contributed by atoms with Crippen molar-refractivity contribution in [3.8, 4) is 0 Å². The highest BCUT2D eigenvalue weighted by molar-refractivity contribution is 5.86. The maximum atomic E-state index is 13.3. The lowest BCUT2D eigenvalue weighted by Gasteiger charge is -2.40. The molecule has 0 radical (unpaired) electrons. The number of carbonyl (C=O) groups is 1. The Morgan fingerprint density at radius 1 is 0.862 bits per heavy atom. The number of anilines is 2. The molecule has 2 aliphatic rings. The zero-order valence-electron chi connectivity index (χ0n) is 18.0. The fraction of sp³-hybridized carbons (Fsp3) is 0.480. The third kappa shape index (κ3) is 4.12. The van der Waals surface area contributed by atoms with Crippen molar-refractivity contribution >= 4 is 17.3 Å². The molecule has 2 aliphatic heterocycles. The van der Waals surface area contributed by atoms with E-state index >= 15 is 0 Å². The van der Waals surface area contributed by atoms with E-state index in [1.807, 2.05) is 6.07 Å². The van der Waals surface area contributed by atoms with Gasteiger partial charge in [0.25, 0.3) is 0 Å². The molecule has 154 valence electrons. The van der Waals surface area contributed by atoms with E-state index in [1.165, 1.54) is 16.9 Å². The van der Waals surface area contributed by atoms with Gasteiger partial charge in [0.05, 0.1) is 0 Å². The maximum absolute atomic E-state index is 13.3. The van der Waals surface area contributed by atoms with Crippen molar-refractivity contribution in [2.45, 2.75) is 45.1 Å². The molecule has 0 N–H and O–H groups in total. The largest absolute Gasteiger partial charge is 0.368 e. The quantitative estimate of drug-likeness (QED) is 0.780. The maximum Gasteiger partial charge on any atom is 0.245 e. The van der Waals surface area contributed by atoms with Gasteiger partial charge >= 0.3 is 0 Å². The summed E-state index contributed by atoms with van der Waals surface area (Å²) in [6.45, 7) is 11.2. The highest BCUT2D eigenvalue weighted by Gasteiger charge is 2.35. The van der Waals surface area contributed by atoms with Crippen molar-refractivity contribution in [1.29, 1.82) is 0 Å². The predicted octanol–water partition coefficient (Wildman–Crippen LogP) is 4.30. The van der Waals surface area contributed by atoms with E-state index in [9.17, 15) is 4.79 Å². The van der Waals surface area contributed by atoms with Gasteiger partial charge in [0, 0.05) is 44.1 Å². The minimum absolute atomic E-state index is 0.00851. The topological polar surface area (TPSA) is 26.8 Å². The summed E-state index contributed by atoms with van der Waals surface area (Å²) in [5, 5.41) is 0. The normalized spacial score (nSPS) is 20.2. The van der Waals surface area contributed by atoms with Gasteiger partial charge in [-0.05, 0) is 42.0 Å². The first-order chi connectivity index (χ1) is 13.9. The van der Waals surface area contributed by atoms with Crippen LogP contribution in [0, 0.1) is 0 Å². The summed E-state index contributed by atoms with van der Waals surface area (Å²) in [5.74, 6) is 0.301. The molecule has 2 aromatic carbocycles. The Labute approximate surface area is 175 Å². The number of para-hydroxylation sites is 2. The lowest BCUT2D eigenvalue weighted by atomic mass is 9.85. The van der Waals surface area contributed by atoms with Crippen molar-refractivity contribution in [1.82, 2.24) is 4.90 Å². The van der Waals surface area contributed by atoms with Crippen molar-refractivity contribution in [3.05, 3.63) is 60.2 Å². The van der Waals surface area contributed by atoms with Crippen LogP contribution < -0.4 is 9.80 Å². The zero-order valence-corrected chi connectivity index (χ0v) is 18.0. The molecule has 4 heteroatoms. The Morgan fingerprint density at radius 2 is 1.52 bits per heavy atom. The van der Waals surface area contributed by atoms with E-state index < -0.39 is 0 Å². The number of hydrogen-bond acceptors (Lipinski definition) is 3. The second kappa shape index (κ2) is 8.10. The molecule has 4 nitrogen and oxygen atoms in total. The molecule has 2 aromatic rings. The molecule has 0 bridgehead atoms. The summed E-state index contributed by atoms with van der Waals surface area (Å²) in [6.07, 6.45) is 2.05. The number of carbonyl (C=O) groups excluding carboxylic acids is 1. The summed E-state index contributed by atoms with van der Waals surface area (Å²) in [6, 6.07) is 19.1. The SMILES string of the molecule is CC(C)(C)c1ccccc1N1CCN(C(=O)[C@H]2CCCN2c2ccccc2)CC1. The molecule has 0 saturated carbocycles. The van der Waals surface area contributed by atoms with Crippen LogP contribution in [-0.2, 0) is 10.2 Å². The second-order valence-electron chi connectivity index (χ2n) is 9.27. The van der Waals surface area contributed by atoms with Crippen LogP contribution in [0.5, 0.6) is 0 Å². The molecular weight excluding hydrogens is 358 g/mol. The van der Waals surface area contributed by atoms with E-state index in [2.05, 4.69) is 84.0 Å². The highest BCUT2D eigenvalue weighted by atomic mass is 16.2. The Bertz CT molecular complexity index is 835. The first kappa shape index (κ1) is 19.8. The van der Waals surface area contributed by atoms with Gasteiger partial charge in [0.1, 0.15) is 6.04 Å². The molecular formula is C25H33N3O. The number of amides is 1. The average Bonchev–Trinajstić information content (AvgIpc) is 3.23. The van der Waals surface area contributed by atoms with E-state index in [4.69, 9.17) is 0 Å². The number of piperazine rings is 1. The molecule has 0 unspecified atom stereocenters. The van der Waals surface area contributed by atoms with Crippen LogP contribution in [-0.4, -0.2) is 49.6 Å². The van der Waals surface area contributed by atoms with Crippen LogP contribution in [0.15, 0.2) is 54.6 Å². The molecule has 1 atom stereocenters. The minimum Gasteiger partial charge on any atom is -0.368 e. The van der Waals surface area contributed by atoms with E-state index in [-0.39, 0.29) is 11.5 Å². The Balaban J connectivity index is 1.43. The molecule has 2 saturated heterocycles. The van der Waals surface area contributed by atoms with Crippen molar-refractivity contribution in [3.63, 3.8) is 0 Å². The van der Waals surface area contributed by atoms with Gasteiger partial charge in [-0.25, -0.2) is 0 Å². The van der Waals surface area contributed by atoms with E-state index in [0.717, 1.165) is 45.6 Å². The van der Waals surface area contributed by atoms with Gasteiger partial charge in [-0.15, -0.1) is 0 Å². The monoisotopic (exact) mass is 391 g/mol. The van der Waals surface area contributed by atoms with Crippen LogP contribution in [0.2, 0.25) is 0 Å². The molecule has 29 heavy (non-hydrogen) atoms. The summed E-state index contributed by atoms with van der Waals surface area (Å²) in [7, 11) is 0. The molecule has 2 heterocycles. The fourth-order valence-electron chi connectivity index (χ4n) is 4.71. The zero-order chi connectivity index (χ0) is 20.4.